The molecule has 19 heavy (non-hydrogen) atoms. The van der Waals surface area contributed by atoms with Crippen molar-refractivity contribution < 1.29 is 9.90 Å². The molecule has 0 spiro atoms. The zero-order valence-corrected chi connectivity index (χ0v) is 10.8. The maximum absolute atomic E-state index is 11.2. The molecule has 0 fully saturated rings. The zero-order chi connectivity index (χ0) is 13.7. The van der Waals surface area contributed by atoms with Gasteiger partial charge in [-0.25, -0.2) is 5.84 Å². The van der Waals surface area contributed by atoms with Crippen molar-refractivity contribution in [2.24, 2.45) is 5.84 Å². The van der Waals surface area contributed by atoms with E-state index in [0.29, 0.717) is 6.54 Å². The summed E-state index contributed by atoms with van der Waals surface area (Å²) in [5.74, 6) is 5.52. The van der Waals surface area contributed by atoms with Crippen molar-refractivity contribution in [2.75, 3.05) is 5.75 Å². The molecule has 7 nitrogen and oxygen atoms in total. The number of aryl methyl sites for hydroxylation is 1. The lowest BCUT2D eigenvalue weighted by atomic mass is 10.3. The maximum atomic E-state index is 11.2. The summed E-state index contributed by atoms with van der Waals surface area (Å²) in [6.07, 6.45) is 1.53. The van der Waals surface area contributed by atoms with Gasteiger partial charge in [0.25, 0.3) is 5.91 Å². The van der Waals surface area contributed by atoms with Crippen LogP contribution < -0.4 is 11.3 Å². The second-order valence-corrected chi connectivity index (χ2v) is 4.85. The van der Waals surface area contributed by atoms with Crippen LogP contribution >= 0.6 is 11.8 Å². The first kappa shape index (κ1) is 13.4. The van der Waals surface area contributed by atoms with Gasteiger partial charge in [-0.05, 0) is 18.2 Å². The number of nitrogens with zero attached hydrogens (tertiary/aromatic N) is 3. The van der Waals surface area contributed by atoms with Gasteiger partial charge in [-0.3, -0.25) is 14.9 Å². The third kappa shape index (κ3) is 3.70. The Balaban J connectivity index is 1.86. The van der Waals surface area contributed by atoms with Gasteiger partial charge in [0.15, 0.2) is 5.69 Å². The van der Waals surface area contributed by atoms with Crippen molar-refractivity contribution in [2.45, 2.75) is 11.4 Å². The van der Waals surface area contributed by atoms with Crippen LogP contribution in [0.25, 0.3) is 0 Å². The number of benzene rings is 1. The molecule has 0 saturated carbocycles. The van der Waals surface area contributed by atoms with Crippen LogP contribution in [0.4, 0.5) is 0 Å². The average Bonchev–Trinajstić information content (AvgIpc) is 2.87. The summed E-state index contributed by atoms with van der Waals surface area (Å²) in [5, 5.41) is 16.8. The molecule has 0 bridgehead atoms. The van der Waals surface area contributed by atoms with Gasteiger partial charge in [0.2, 0.25) is 0 Å². The van der Waals surface area contributed by atoms with Gasteiger partial charge in [-0.2, -0.15) is 0 Å². The Morgan fingerprint density at radius 2 is 2.37 bits per heavy atom. The van der Waals surface area contributed by atoms with E-state index in [0.717, 1.165) is 10.6 Å². The van der Waals surface area contributed by atoms with Gasteiger partial charge < -0.3 is 5.11 Å². The van der Waals surface area contributed by atoms with Crippen LogP contribution in [0.1, 0.15) is 10.5 Å². The standard InChI is InChI=1S/C11H13N5O2S/c12-13-11(18)10-7-16(15-14-10)4-5-19-9-3-1-2-8(17)6-9/h1-3,6-7,17H,4-5,12H2,(H,13,18). The predicted molar refractivity (Wildman–Crippen MR) is 70.5 cm³/mol. The van der Waals surface area contributed by atoms with Crippen molar-refractivity contribution in [1.82, 2.24) is 20.4 Å². The average molecular weight is 279 g/mol. The van der Waals surface area contributed by atoms with E-state index in [1.54, 1.807) is 34.6 Å². The molecular formula is C11H13N5O2S. The zero-order valence-electron chi connectivity index (χ0n) is 9.98. The highest BCUT2D eigenvalue weighted by Gasteiger charge is 2.08. The Morgan fingerprint density at radius 1 is 1.53 bits per heavy atom. The number of rotatable bonds is 5. The molecule has 0 aliphatic heterocycles. The highest BCUT2D eigenvalue weighted by Crippen LogP contribution is 2.21. The maximum Gasteiger partial charge on any atom is 0.287 e. The normalized spacial score (nSPS) is 10.4. The summed E-state index contributed by atoms with van der Waals surface area (Å²) in [6, 6.07) is 7.02. The molecule has 0 unspecified atom stereocenters. The molecule has 1 aromatic carbocycles. The molecular weight excluding hydrogens is 266 g/mol. The largest absolute Gasteiger partial charge is 0.508 e. The van der Waals surface area contributed by atoms with E-state index in [-0.39, 0.29) is 11.4 Å². The number of amides is 1. The number of hydrogen-bond donors (Lipinski definition) is 3. The second kappa shape index (κ2) is 6.21. The van der Waals surface area contributed by atoms with Crippen LogP contribution in [0.3, 0.4) is 0 Å². The lowest BCUT2D eigenvalue weighted by molar-refractivity contribution is 0.0948. The molecule has 0 aliphatic rings. The lowest BCUT2D eigenvalue weighted by Crippen LogP contribution is -2.30. The fraction of sp³-hybridized carbons (Fsp3) is 0.182. The number of hydrazine groups is 1. The molecule has 0 radical (unpaired) electrons. The van der Waals surface area contributed by atoms with Gasteiger partial charge in [-0.1, -0.05) is 11.3 Å². The van der Waals surface area contributed by atoms with Crippen LogP contribution in [-0.4, -0.2) is 31.8 Å². The second-order valence-electron chi connectivity index (χ2n) is 3.69. The number of aromatic hydroxyl groups is 1. The van der Waals surface area contributed by atoms with Gasteiger partial charge in [-0.15, -0.1) is 16.9 Å². The summed E-state index contributed by atoms with van der Waals surface area (Å²) >= 11 is 1.58. The molecule has 2 aromatic rings. The SMILES string of the molecule is NNC(=O)c1cn(CCSc2cccc(O)c2)nn1. The van der Waals surface area contributed by atoms with Crippen LogP contribution in [0.15, 0.2) is 35.4 Å². The fourth-order valence-electron chi connectivity index (χ4n) is 1.42. The number of phenols is 1. The van der Waals surface area contributed by atoms with Crippen LogP contribution in [0.5, 0.6) is 5.75 Å². The number of nitrogens with two attached hydrogens (primary N) is 1. The van der Waals surface area contributed by atoms with E-state index in [4.69, 9.17) is 5.84 Å². The summed E-state index contributed by atoms with van der Waals surface area (Å²) in [5.41, 5.74) is 2.18. The molecule has 100 valence electrons. The Hall–Kier alpha value is -2.06. The number of thioether (sulfide) groups is 1. The van der Waals surface area contributed by atoms with Crippen LogP contribution in [0, 0.1) is 0 Å². The first-order valence-corrected chi connectivity index (χ1v) is 6.50. The molecule has 8 heteroatoms. The topological polar surface area (TPSA) is 106 Å². The minimum absolute atomic E-state index is 0.185. The molecule has 1 amide bonds. The quantitative estimate of drug-likeness (QED) is 0.316. The Labute approximate surface area is 113 Å². The molecule has 4 N–H and O–H groups in total. The summed E-state index contributed by atoms with van der Waals surface area (Å²) < 4.78 is 1.57. The number of carbonyl (C=O) groups excluding carboxylic acids is 1. The highest BCUT2D eigenvalue weighted by atomic mass is 32.2. The predicted octanol–water partition coefficient (Wildman–Crippen LogP) is 0.379. The molecule has 0 saturated heterocycles. The number of carbonyl (C=O) groups is 1. The minimum atomic E-state index is -0.466. The van der Waals surface area contributed by atoms with Gasteiger partial charge in [0, 0.05) is 10.6 Å². The Morgan fingerprint density at radius 3 is 3.11 bits per heavy atom. The first-order valence-electron chi connectivity index (χ1n) is 5.52. The molecule has 1 heterocycles. The summed E-state index contributed by atoms with van der Waals surface area (Å²) in [6.45, 7) is 0.602. The highest BCUT2D eigenvalue weighted by molar-refractivity contribution is 7.99. The third-order valence-electron chi connectivity index (χ3n) is 2.31. The van der Waals surface area contributed by atoms with E-state index in [1.807, 2.05) is 11.5 Å². The number of hydrogen-bond acceptors (Lipinski definition) is 6. The number of aromatic nitrogens is 3. The monoisotopic (exact) mass is 279 g/mol. The van der Waals surface area contributed by atoms with E-state index >= 15 is 0 Å². The van der Waals surface area contributed by atoms with Crippen LogP contribution in [-0.2, 0) is 6.54 Å². The van der Waals surface area contributed by atoms with Crippen molar-refractivity contribution in [3.05, 3.63) is 36.2 Å². The molecule has 2 rings (SSSR count). The molecule has 1 aromatic heterocycles. The van der Waals surface area contributed by atoms with Gasteiger partial charge in [0.1, 0.15) is 5.75 Å². The van der Waals surface area contributed by atoms with Gasteiger partial charge in [0.05, 0.1) is 12.7 Å². The van der Waals surface area contributed by atoms with Gasteiger partial charge >= 0.3 is 0 Å². The van der Waals surface area contributed by atoms with E-state index in [9.17, 15) is 9.90 Å². The van der Waals surface area contributed by atoms with Crippen molar-refractivity contribution >= 4 is 17.7 Å². The van der Waals surface area contributed by atoms with Crippen molar-refractivity contribution in [1.29, 1.82) is 0 Å². The molecule has 0 aliphatic carbocycles. The van der Waals surface area contributed by atoms with Crippen molar-refractivity contribution in [3.8, 4) is 5.75 Å². The third-order valence-corrected chi connectivity index (χ3v) is 3.28. The fourth-order valence-corrected chi connectivity index (χ4v) is 2.31. The van der Waals surface area contributed by atoms with E-state index in [1.165, 1.54) is 6.20 Å². The lowest BCUT2D eigenvalue weighted by Gasteiger charge is -2.02. The summed E-state index contributed by atoms with van der Waals surface area (Å²) in [7, 11) is 0. The Kier molecular flexibility index (Phi) is 4.37. The Bertz CT molecular complexity index is 572. The number of nitrogen functional groups attached to an aromatic ring is 1. The van der Waals surface area contributed by atoms with Crippen LogP contribution in [0.2, 0.25) is 0 Å². The number of phenolic OH excluding ortho intramolecular Hbond substituents is 1. The molecule has 0 atom stereocenters. The summed E-state index contributed by atoms with van der Waals surface area (Å²) in [4.78, 5) is 12.1. The smallest absolute Gasteiger partial charge is 0.287 e. The van der Waals surface area contributed by atoms with E-state index in [2.05, 4.69) is 10.3 Å². The van der Waals surface area contributed by atoms with E-state index < -0.39 is 5.91 Å². The first-order chi connectivity index (χ1) is 9.19. The van der Waals surface area contributed by atoms with Crippen molar-refractivity contribution in [3.63, 3.8) is 0 Å². The minimum Gasteiger partial charge on any atom is -0.508 e. The number of nitrogens with one attached hydrogen (secondary N) is 1.